The molecule has 2 atom stereocenters. The van der Waals surface area contributed by atoms with Gasteiger partial charge in [-0.25, -0.2) is 14.1 Å². The van der Waals surface area contributed by atoms with Crippen LogP contribution >= 0.6 is 22.9 Å². The fourth-order valence-corrected chi connectivity index (χ4v) is 6.44. The molecule has 2 aromatic heterocycles. The van der Waals surface area contributed by atoms with Crippen molar-refractivity contribution >= 4 is 40.3 Å². The Morgan fingerprint density at radius 3 is 2.77 bits per heavy atom. The highest BCUT2D eigenvalue weighted by atomic mass is 35.5. The van der Waals surface area contributed by atoms with Crippen LogP contribution in [0.25, 0.3) is 5.57 Å². The van der Waals surface area contributed by atoms with E-state index in [0.717, 1.165) is 5.70 Å². The van der Waals surface area contributed by atoms with E-state index in [4.69, 9.17) is 16.6 Å². The Bertz CT molecular complexity index is 1450. The second-order valence-corrected chi connectivity index (χ2v) is 11.3. The van der Waals surface area contributed by atoms with Gasteiger partial charge in [0.05, 0.1) is 11.6 Å². The molecule has 2 fully saturated rings. The van der Waals surface area contributed by atoms with Gasteiger partial charge in [-0.2, -0.15) is 13.9 Å². The van der Waals surface area contributed by atoms with Crippen LogP contribution in [-0.2, 0) is 4.79 Å². The molecule has 2 aliphatic heterocycles. The van der Waals surface area contributed by atoms with E-state index in [1.807, 2.05) is 10.3 Å². The van der Waals surface area contributed by atoms with Crippen molar-refractivity contribution in [2.24, 2.45) is 16.8 Å². The molecule has 0 radical (unpaired) electrons. The Labute approximate surface area is 230 Å². The number of carbonyl (C=O) groups is 1. The van der Waals surface area contributed by atoms with Gasteiger partial charge in [-0.3, -0.25) is 9.79 Å². The number of rotatable bonds is 8. The van der Waals surface area contributed by atoms with Crippen molar-refractivity contribution in [1.29, 1.82) is 0 Å². The van der Waals surface area contributed by atoms with Gasteiger partial charge in [-0.15, -0.1) is 11.3 Å². The number of alkyl halides is 2. The largest absolute Gasteiger partial charge is 0.481 e. The van der Waals surface area contributed by atoms with Gasteiger partial charge in [0, 0.05) is 58.6 Å². The highest BCUT2D eigenvalue weighted by Crippen LogP contribution is 2.46. The van der Waals surface area contributed by atoms with Crippen LogP contribution in [0.2, 0.25) is 5.02 Å². The smallest absolute Gasteiger partial charge is 0.333 e. The van der Waals surface area contributed by atoms with E-state index in [1.54, 1.807) is 12.3 Å². The summed E-state index contributed by atoms with van der Waals surface area (Å²) in [5.74, 6) is -0.612. The first kappa shape index (κ1) is 26.0. The van der Waals surface area contributed by atoms with Gasteiger partial charge >= 0.3 is 12.5 Å². The number of carboxylic acid groups (broad SMARTS) is 1. The molecule has 204 valence electrons. The van der Waals surface area contributed by atoms with Gasteiger partial charge in [0.1, 0.15) is 11.9 Å². The lowest BCUT2D eigenvalue weighted by Gasteiger charge is -2.33. The molecule has 4 heterocycles. The van der Waals surface area contributed by atoms with E-state index in [0.29, 0.717) is 64.7 Å². The summed E-state index contributed by atoms with van der Waals surface area (Å²) in [4.78, 5) is 22.7. The minimum Gasteiger partial charge on any atom is -0.481 e. The number of carboxylic acids is 1. The predicted octanol–water partition coefficient (Wildman–Crippen LogP) is 5.21. The lowest BCUT2D eigenvalue weighted by molar-refractivity contribution is -0.146. The molecule has 6 rings (SSSR count). The molecular formula is C26H24ClF3N6O2S. The molecule has 1 aliphatic carbocycles. The number of aliphatic carboxylic acids is 1. The molecule has 8 nitrogen and oxygen atoms in total. The predicted molar refractivity (Wildman–Crippen MR) is 140 cm³/mol. The van der Waals surface area contributed by atoms with E-state index in [9.17, 15) is 23.1 Å². The summed E-state index contributed by atoms with van der Waals surface area (Å²) in [7, 11) is 0. The molecule has 0 bridgehead atoms. The molecule has 3 aliphatic rings. The van der Waals surface area contributed by atoms with E-state index < -0.39 is 24.4 Å². The third kappa shape index (κ3) is 4.96. The Balaban J connectivity index is 1.39. The molecule has 1 saturated carbocycles. The van der Waals surface area contributed by atoms with Crippen molar-refractivity contribution in [3.8, 4) is 0 Å². The van der Waals surface area contributed by atoms with Crippen LogP contribution in [0.5, 0.6) is 0 Å². The van der Waals surface area contributed by atoms with Crippen LogP contribution in [0.4, 0.5) is 13.2 Å². The van der Waals surface area contributed by atoms with Crippen LogP contribution in [0.3, 0.4) is 0 Å². The van der Waals surface area contributed by atoms with Crippen LogP contribution in [-0.4, -0.2) is 55.7 Å². The zero-order chi connectivity index (χ0) is 27.3. The van der Waals surface area contributed by atoms with E-state index >= 15 is 0 Å². The summed E-state index contributed by atoms with van der Waals surface area (Å²) in [5.41, 5.74) is 2.36. The highest BCUT2D eigenvalue weighted by molar-refractivity contribution is 7.11. The van der Waals surface area contributed by atoms with Gasteiger partial charge < -0.3 is 15.3 Å². The number of nitrogens with zero attached hydrogens (tertiary/aromatic N) is 5. The van der Waals surface area contributed by atoms with Crippen LogP contribution in [0.15, 0.2) is 52.7 Å². The number of amidine groups is 1. The first-order chi connectivity index (χ1) is 18.8. The number of aromatic nitrogens is 3. The maximum absolute atomic E-state index is 14.0. The summed E-state index contributed by atoms with van der Waals surface area (Å²) in [6.45, 7) is -1.56. The van der Waals surface area contributed by atoms with Crippen LogP contribution < -0.4 is 5.32 Å². The number of nitrogens with one attached hydrogen (secondary N) is 1. The van der Waals surface area contributed by atoms with Gasteiger partial charge in [0.25, 0.3) is 0 Å². The second-order valence-electron chi connectivity index (χ2n) is 9.97. The number of benzene rings is 1. The van der Waals surface area contributed by atoms with Gasteiger partial charge in [-0.05, 0) is 43.5 Å². The molecule has 1 aromatic carbocycles. The standard InChI is InChI=1S/C26H24ClF3N6O2S/c27-18-9-15(28)1-2-17(18)22-21(19-3-5-36(34-19)26(29)30)20-10-16(32-11-13-7-14(8-13)25(37)38)12-35(20)23(33-22)24-31-4-6-39-24/h1-6,9,13-14,16,22,26,32H,7-8,10-12H2,(H,37,38)/t13?,14?,16-,22-/m0/s1. The Morgan fingerprint density at radius 2 is 2.10 bits per heavy atom. The highest BCUT2D eigenvalue weighted by Gasteiger charge is 2.42. The molecule has 2 N–H and O–H groups in total. The maximum Gasteiger partial charge on any atom is 0.333 e. The SMILES string of the molecule is O=C(O)C1CC(CN[C@H]2CC3=C(c4ccn(C(F)F)n4)[C@H](c4ccc(F)cc4Cl)N=C(c4nccs4)N3C2)C1. The van der Waals surface area contributed by atoms with Crippen LogP contribution in [0, 0.1) is 17.7 Å². The van der Waals surface area contributed by atoms with Crippen molar-refractivity contribution < 1.29 is 23.1 Å². The average molecular weight is 577 g/mol. The number of fused-ring (bicyclic) bond motifs is 1. The molecule has 39 heavy (non-hydrogen) atoms. The van der Waals surface area contributed by atoms with Crippen molar-refractivity contribution in [2.75, 3.05) is 13.1 Å². The summed E-state index contributed by atoms with van der Waals surface area (Å²) in [6.07, 6.45) is 4.77. The van der Waals surface area contributed by atoms with Gasteiger partial charge in [0.2, 0.25) is 0 Å². The minimum atomic E-state index is -2.80. The Hall–Kier alpha value is -3.22. The molecule has 13 heteroatoms. The Kier molecular flexibility index (Phi) is 6.94. The number of hydrogen-bond acceptors (Lipinski definition) is 7. The third-order valence-corrected chi connectivity index (χ3v) is 8.60. The monoisotopic (exact) mass is 576 g/mol. The topological polar surface area (TPSA) is 95.6 Å². The Morgan fingerprint density at radius 1 is 1.28 bits per heavy atom. The number of thiazole rings is 1. The first-order valence-electron chi connectivity index (χ1n) is 12.5. The van der Waals surface area contributed by atoms with E-state index in [-0.39, 0.29) is 22.9 Å². The maximum atomic E-state index is 14.0. The third-order valence-electron chi connectivity index (χ3n) is 7.51. The van der Waals surface area contributed by atoms with Crippen molar-refractivity contribution in [3.05, 3.63) is 74.8 Å². The summed E-state index contributed by atoms with van der Waals surface area (Å²) in [5, 5.41) is 19.6. The van der Waals surface area contributed by atoms with Crippen molar-refractivity contribution in [2.45, 2.75) is 37.9 Å². The van der Waals surface area contributed by atoms with Crippen molar-refractivity contribution in [3.63, 3.8) is 0 Å². The van der Waals surface area contributed by atoms with E-state index in [1.165, 1.54) is 35.7 Å². The molecule has 0 amide bonds. The van der Waals surface area contributed by atoms with E-state index in [2.05, 4.69) is 15.4 Å². The zero-order valence-corrected chi connectivity index (χ0v) is 22.0. The minimum absolute atomic E-state index is 0.00339. The lowest BCUT2D eigenvalue weighted by atomic mass is 9.75. The quantitative estimate of drug-likeness (QED) is 0.382. The normalized spacial score (nSPS) is 24.6. The zero-order valence-electron chi connectivity index (χ0n) is 20.5. The lowest BCUT2D eigenvalue weighted by Crippen LogP contribution is -2.42. The van der Waals surface area contributed by atoms with Gasteiger partial charge in [0.15, 0.2) is 10.8 Å². The summed E-state index contributed by atoms with van der Waals surface area (Å²) < 4.78 is 41.5. The second kappa shape index (κ2) is 10.4. The fourth-order valence-electron chi connectivity index (χ4n) is 5.53. The first-order valence-corrected chi connectivity index (χ1v) is 13.8. The number of hydrogen-bond donors (Lipinski definition) is 2. The number of halogens is 4. The average Bonchev–Trinajstić information content (AvgIpc) is 3.62. The molecule has 3 aromatic rings. The van der Waals surface area contributed by atoms with Crippen molar-refractivity contribution in [1.82, 2.24) is 25.0 Å². The molecule has 0 unspecified atom stereocenters. The van der Waals surface area contributed by atoms with Crippen LogP contribution in [0.1, 0.15) is 48.1 Å². The fraction of sp³-hybridized carbons (Fsp3) is 0.385. The molecular weight excluding hydrogens is 553 g/mol. The molecule has 0 spiro atoms. The number of aliphatic imine (C=N–C) groups is 1. The summed E-state index contributed by atoms with van der Waals surface area (Å²) >= 11 is 7.93. The summed E-state index contributed by atoms with van der Waals surface area (Å²) in [6, 6.07) is 4.89. The van der Waals surface area contributed by atoms with Gasteiger partial charge in [-0.1, -0.05) is 17.7 Å². The molecule has 1 saturated heterocycles.